The van der Waals surface area contributed by atoms with Crippen molar-refractivity contribution in [2.75, 3.05) is 12.4 Å². The number of halogens is 2. The standard InChI is InChI=1S/C23H20ClFN4O2S/c1-31-19-8-15(6-7-18(19)29-11-21(24)26-12-29)27-23-28-22-17(9-16(30)10-20(22)32-23)13-2-4-14(25)5-3-13/h2-8,11-12,16-17,30H,9-10H2,1H3,(H,27,28). The molecule has 0 amide bonds. The van der Waals surface area contributed by atoms with Crippen molar-refractivity contribution in [1.29, 1.82) is 0 Å². The first-order valence-electron chi connectivity index (χ1n) is 10.1. The van der Waals surface area contributed by atoms with E-state index in [-0.39, 0.29) is 11.7 Å². The topological polar surface area (TPSA) is 72.2 Å². The Balaban J connectivity index is 1.43. The molecule has 0 fully saturated rings. The van der Waals surface area contributed by atoms with E-state index in [1.807, 2.05) is 18.2 Å². The van der Waals surface area contributed by atoms with Gasteiger partial charge in [-0.05, 0) is 36.2 Å². The van der Waals surface area contributed by atoms with E-state index in [1.54, 1.807) is 36.3 Å². The van der Waals surface area contributed by atoms with Gasteiger partial charge in [0, 0.05) is 35.2 Å². The fourth-order valence-corrected chi connectivity index (χ4v) is 5.29. The molecule has 1 aliphatic rings. The minimum absolute atomic E-state index is 0.0657. The SMILES string of the molecule is COc1cc(Nc2nc3c(s2)CC(O)CC3c2ccc(F)cc2)ccc1-n1cnc(Cl)c1. The van der Waals surface area contributed by atoms with E-state index < -0.39 is 6.10 Å². The summed E-state index contributed by atoms with van der Waals surface area (Å²) in [5.74, 6) is 0.315. The third-order valence-electron chi connectivity index (χ3n) is 5.52. The second kappa shape index (κ2) is 8.54. The van der Waals surface area contributed by atoms with Crippen molar-refractivity contribution < 1.29 is 14.2 Å². The fourth-order valence-electron chi connectivity index (χ4n) is 4.03. The molecule has 9 heteroatoms. The second-order valence-corrected chi connectivity index (χ2v) is 9.11. The van der Waals surface area contributed by atoms with Gasteiger partial charge in [-0.3, -0.25) is 0 Å². The Morgan fingerprint density at radius 1 is 1.25 bits per heavy atom. The predicted molar refractivity (Wildman–Crippen MR) is 123 cm³/mol. The molecular formula is C23H20ClFN4O2S. The summed E-state index contributed by atoms with van der Waals surface area (Å²) in [5.41, 5.74) is 3.52. The molecule has 0 saturated heterocycles. The van der Waals surface area contributed by atoms with Crippen molar-refractivity contribution in [3.63, 3.8) is 0 Å². The summed E-state index contributed by atoms with van der Waals surface area (Å²) < 4.78 is 20.7. The van der Waals surface area contributed by atoms with E-state index in [0.29, 0.717) is 23.7 Å². The maximum atomic E-state index is 13.4. The molecule has 2 atom stereocenters. The number of fused-ring (bicyclic) bond motifs is 1. The summed E-state index contributed by atoms with van der Waals surface area (Å²) in [6.07, 6.45) is 4.02. The first-order valence-corrected chi connectivity index (χ1v) is 11.3. The number of rotatable bonds is 5. The highest BCUT2D eigenvalue weighted by Gasteiger charge is 2.31. The molecule has 5 rings (SSSR count). The van der Waals surface area contributed by atoms with Crippen LogP contribution >= 0.6 is 22.9 Å². The molecule has 2 unspecified atom stereocenters. The minimum atomic E-state index is -0.452. The molecule has 0 spiro atoms. The van der Waals surface area contributed by atoms with Gasteiger partial charge in [0.1, 0.15) is 23.0 Å². The highest BCUT2D eigenvalue weighted by atomic mass is 35.5. The van der Waals surface area contributed by atoms with Crippen molar-refractivity contribution >= 4 is 33.8 Å². The molecule has 2 aromatic carbocycles. The Hall–Kier alpha value is -2.94. The summed E-state index contributed by atoms with van der Waals surface area (Å²) >= 11 is 7.46. The van der Waals surface area contributed by atoms with Gasteiger partial charge in [0.15, 0.2) is 5.13 Å². The normalized spacial score (nSPS) is 17.8. The van der Waals surface area contributed by atoms with Crippen LogP contribution in [0, 0.1) is 5.82 Å². The number of aliphatic hydroxyl groups is 1. The zero-order valence-corrected chi connectivity index (χ0v) is 18.7. The van der Waals surface area contributed by atoms with Gasteiger partial charge in [0.25, 0.3) is 0 Å². The molecule has 2 heterocycles. The third-order valence-corrected chi connectivity index (χ3v) is 6.72. The van der Waals surface area contributed by atoms with Crippen LogP contribution in [0.25, 0.3) is 5.69 Å². The van der Waals surface area contributed by atoms with Crippen molar-refractivity contribution in [3.05, 3.63) is 82.1 Å². The lowest BCUT2D eigenvalue weighted by atomic mass is 9.84. The summed E-state index contributed by atoms with van der Waals surface area (Å²) in [7, 11) is 1.61. The first-order chi connectivity index (χ1) is 15.5. The molecule has 1 aliphatic carbocycles. The molecule has 0 saturated carbocycles. The van der Waals surface area contributed by atoms with Crippen LogP contribution in [0.4, 0.5) is 15.2 Å². The Morgan fingerprint density at radius 2 is 2.06 bits per heavy atom. The van der Waals surface area contributed by atoms with E-state index in [0.717, 1.165) is 32.6 Å². The number of nitrogens with zero attached hydrogens (tertiary/aromatic N) is 3. The average molecular weight is 471 g/mol. The Morgan fingerprint density at radius 3 is 2.78 bits per heavy atom. The molecule has 2 aromatic heterocycles. The lowest BCUT2D eigenvalue weighted by Crippen LogP contribution is -2.22. The number of aromatic nitrogens is 3. The van der Waals surface area contributed by atoms with E-state index in [4.69, 9.17) is 21.3 Å². The van der Waals surface area contributed by atoms with Gasteiger partial charge in [0.2, 0.25) is 0 Å². The van der Waals surface area contributed by atoms with Crippen molar-refractivity contribution in [3.8, 4) is 11.4 Å². The zero-order chi connectivity index (χ0) is 22.2. The maximum Gasteiger partial charge on any atom is 0.187 e. The highest BCUT2D eigenvalue weighted by Crippen LogP contribution is 2.41. The van der Waals surface area contributed by atoms with Gasteiger partial charge in [0.05, 0.1) is 24.6 Å². The number of aliphatic hydroxyl groups excluding tert-OH is 1. The van der Waals surface area contributed by atoms with E-state index in [1.165, 1.54) is 23.5 Å². The number of nitrogens with one attached hydrogen (secondary N) is 1. The lowest BCUT2D eigenvalue weighted by Gasteiger charge is -2.25. The van der Waals surface area contributed by atoms with Crippen molar-refractivity contribution in [2.45, 2.75) is 24.9 Å². The third kappa shape index (κ3) is 4.09. The van der Waals surface area contributed by atoms with Crippen LogP contribution in [-0.4, -0.2) is 32.9 Å². The fraction of sp³-hybridized carbons (Fsp3) is 0.217. The van der Waals surface area contributed by atoms with Crippen LogP contribution in [0.1, 0.15) is 28.5 Å². The van der Waals surface area contributed by atoms with Crippen molar-refractivity contribution in [1.82, 2.24) is 14.5 Å². The minimum Gasteiger partial charge on any atom is -0.494 e. The van der Waals surface area contributed by atoms with E-state index in [9.17, 15) is 9.50 Å². The molecule has 164 valence electrons. The van der Waals surface area contributed by atoms with Crippen LogP contribution in [0.2, 0.25) is 5.15 Å². The number of benzene rings is 2. The summed E-state index contributed by atoms with van der Waals surface area (Å²) in [6.45, 7) is 0. The number of thiazole rings is 1. The smallest absolute Gasteiger partial charge is 0.187 e. The summed E-state index contributed by atoms with van der Waals surface area (Å²) in [5, 5.41) is 14.9. The quantitative estimate of drug-likeness (QED) is 0.413. The Kier molecular flexibility index (Phi) is 5.58. The summed E-state index contributed by atoms with van der Waals surface area (Å²) in [6, 6.07) is 12.2. The van der Waals surface area contributed by atoms with Gasteiger partial charge >= 0.3 is 0 Å². The van der Waals surface area contributed by atoms with E-state index in [2.05, 4.69) is 10.3 Å². The lowest BCUT2D eigenvalue weighted by molar-refractivity contribution is 0.152. The van der Waals surface area contributed by atoms with Gasteiger partial charge in [-0.25, -0.2) is 14.4 Å². The van der Waals surface area contributed by atoms with Crippen LogP contribution in [0.3, 0.4) is 0 Å². The van der Waals surface area contributed by atoms with Gasteiger partial charge in [-0.2, -0.15) is 0 Å². The number of hydrogen-bond acceptors (Lipinski definition) is 6. The Bertz CT molecular complexity index is 1260. The molecular weight excluding hydrogens is 451 g/mol. The number of methoxy groups -OCH3 is 1. The van der Waals surface area contributed by atoms with Crippen LogP contribution in [0.5, 0.6) is 5.75 Å². The van der Waals surface area contributed by atoms with Gasteiger partial charge in [-0.1, -0.05) is 23.7 Å². The number of anilines is 2. The summed E-state index contributed by atoms with van der Waals surface area (Å²) in [4.78, 5) is 9.91. The monoisotopic (exact) mass is 470 g/mol. The predicted octanol–water partition coefficient (Wildman–Crippen LogP) is 5.31. The second-order valence-electron chi connectivity index (χ2n) is 7.64. The average Bonchev–Trinajstić information content (AvgIpc) is 3.39. The molecule has 0 aliphatic heterocycles. The number of imidazole rings is 1. The Labute approximate surface area is 193 Å². The van der Waals surface area contributed by atoms with Gasteiger partial charge in [-0.15, -0.1) is 11.3 Å². The highest BCUT2D eigenvalue weighted by molar-refractivity contribution is 7.15. The van der Waals surface area contributed by atoms with Gasteiger partial charge < -0.3 is 19.7 Å². The number of hydrogen-bond donors (Lipinski definition) is 2. The van der Waals surface area contributed by atoms with E-state index >= 15 is 0 Å². The molecule has 32 heavy (non-hydrogen) atoms. The first kappa shape index (κ1) is 20.9. The van der Waals surface area contributed by atoms with Crippen LogP contribution in [0.15, 0.2) is 55.0 Å². The molecule has 6 nitrogen and oxygen atoms in total. The van der Waals surface area contributed by atoms with Crippen LogP contribution < -0.4 is 10.1 Å². The number of ether oxygens (including phenoxy) is 1. The van der Waals surface area contributed by atoms with Crippen molar-refractivity contribution in [2.24, 2.45) is 0 Å². The molecule has 2 N–H and O–H groups in total. The molecule has 4 aromatic rings. The largest absolute Gasteiger partial charge is 0.494 e. The maximum absolute atomic E-state index is 13.4. The van der Waals surface area contributed by atoms with Crippen LogP contribution in [-0.2, 0) is 6.42 Å². The zero-order valence-electron chi connectivity index (χ0n) is 17.1. The molecule has 0 radical (unpaired) electrons. The molecule has 0 bridgehead atoms.